The molecule has 0 amide bonds. The van der Waals surface area contributed by atoms with Crippen LogP contribution in [0.4, 0.5) is 0 Å². The first-order valence-electron chi connectivity index (χ1n) is 9.99. The van der Waals surface area contributed by atoms with Gasteiger partial charge in [-0.25, -0.2) is 4.98 Å². The third-order valence-electron chi connectivity index (χ3n) is 5.31. The summed E-state index contributed by atoms with van der Waals surface area (Å²) < 4.78 is 2.05. The predicted octanol–water partition coefficient (Wildman–Crippen LogP) is 6.09. The van der Waals surface area contributed by atoms with E-state index in [2.05, 4.69) is 24.3 Å². The number of pyridine rings is 1. The van der Waals surface area contributed by atoms with E-state index in [1.54, 1.807) is 0 Å². The van der Waals surface area contributed by atoms with Crippen LogP contribution in [0.1, 0.15) is 15.9 Å². The largest absolute Gasteiger partial charge is 0.306 e. The van der Waals surface area contributed by atoms with Crippen LogP contribution in [-0.4, -0.2) is 15.2 Å². The number of hydrogen-bond acceptors (Lipinski definition) is 2. The highest BCUT2D eigenvalue weighted by atomic mass is 16.1. The molecule has 0 bridgehead atoms. The number of carbonyl (C=O) groups excluding carboxylic acids is 1. The number of Topliss-reactive ketones (excluding diaryl/α,β-unsaturated/α-hetero) is 1. The van der Waals surface area contributed by atoms with Gasteiger partial charge < -0.3 is 4.40 Å². The Labute approximate surface area is 175 Å². The van der Waals surface area contributed by atoms with Crippen LogP contribution in [-0.2, 0) is 6.42 Å². The highest BCUT2D eigenvalue weighted by molar-refractivity contribution is 5.98. The molecule has 5 rings (SSSR count). The van der Waals surface area contributed by atoms with E-state index in [4.69, 9.17) is 4.98 Å². The molecule has 5 aromatic rings. The zero-order valence-electron chi connectivity index (χ0n) is 16.4. The molecule has 2 aromatic heterocycles. The van der Waals surface area contributed by atoms with Gasteiger partial charge in [0.15, 0.2) is 5.78 Å². The summed E-state index contributed by atoms with van der Waals surface area (Å²) in [5.41, 5.74) is 6.70. The van der Waals surface area contributed by atoms with Crippen molar-refractivity contribution in [2.24, 2.45) is 0 Å². The number of hydrogen-bond donors (Lipinski definition) is 0. The zero-order chi connectivity index (χ0) is 20.3. The van der Waals surface area contributed by atoms with Crippen LogP contribution in [0.5, 0.6) is 0 Å². The molecule has 144 valence electrons. The Morgan fingerprint density at radius 1 is 0.733 bits per heavy atom. The monoisotopic (exact) mass is 388 g/mol. The van der Waals surface area contributed by atoms with Gasteiger partial charge >= 0.3 is 0 Å². The Kier molecular flexibility index (Phi) is 4.70. The standard InChI is InChI=1S/C27H20N2O/c30-26(21-12-5-2-6-13-21)18-22-14-7-8-15-23(22)24-16-9-17-29-19-25(28-27(24)29)20-10-3-1-4-11-20/h1-17,19H,18H2. The summed E-state index contributed by atoms with van der Waals surface area (Å²) in [6.07, 6.45) is 4.41. The summed E-state index contributed by atoms with van der Waals surface area (Å²) in [5.74, 6) is 0.114. The average Bonchev–Trinajstić information content (AvgIpc) is 3.25. The topological polar surface area (TPSA) is 34.4 Å². The van der Waals surface area contributed by atoms with Gasteiger partial charge in [0.2, 0.25) is 0 Å². The Morgan fingerprint density at radius 2 is 1.40 bits per heavy atom. The number of rotatable bonds is 5. The second kappa shape index (κ2) is 7.80. The van der Waals surface area contributed by atoms with Gasteiger partial charge in [-0.1, -0.05) is 84.9 Å². The zero-order valence-corrected chi connectivity index (χ0v) is 16.4. The van der Waals surface area contributed by atoms with Crippen molar-refractivity contribution >= 4 is 11.4 Å². The van der Waals surface area contributed by atoms with Crippen LogP contribution in [0.3, 0.4) is 0 Å². The third-order valence-corrected chi connectivity index (χ3v) is 5.31. The van der Waals surface area contributed by atoms with Crippen molar-refractivity contribution in [2.45, 2.75) is 6.42 Å². The molecule has 0 N–H and O–H groups in total. The molecule has 30 heavy (non-hydrogen) atoms. The van der Waals surface area contributed by atoms with Gasteiger partial charge in [-0.2, -0.15) is 0 Å². The molecule has 0 aliphatic rings. The number of fused-ring (bicyclic) bond motifs is 1. The van der Waals surface area contributed by atoms with Crippen molar-refractivity contribution < 1.29 is 4.79 Å². The minimum absolute atomic E-state index is 0.114. The molecule has 2 heterocycles. The molecule has 3 nitrogen and oxygen atoms in total. The average molecular weight is 388 g/mol. The molecule has 0 atom stereocenters. The first-order chi connectivity index (χ1) is 14.8. The van der Waals surface area contributed by atoms with Crippen molar-refractivity contribution in [1.29, 1.82) is 0 Å². The van der Waals surface area contributed by atoms with Crippen molar-refractivity contribution in [3.63, 3.8) is 0 Å². The molecule has 0 aliphatic carbocycles. The Hall–Kier alpha value is -3.98. The molecule has 0 spiro atoms. The van der Waals surface area contributed by atoms with Crippen molar-refractivity contribution in [3.05, 3.63) is 121 Å². The molecule has 0 saturated heterocycles. The first kappa shape index (κ1) is 18.1. The van der Waals surface area contributed by atoms with E-state index in [9.17, 15) is 4.79 Å². The number of benzene rings is 3. The number of aromatic nitrogens is 2. The van der Waals surface area contributed by atoms with E-state index in [0.717, 1.165) is 39.2 Å². The van der Waals surface area contributed by atoms with Gasteiger partial charge in [-0.15, -0.1) is 0 Å². The highest BCUT2D eigenvalue weighted by Gasteiger charge is 2.15. The lowest BCUT2D eigenvalue weighted by atomic mass is 9.95. The van der Waals surface area contributed by atoms with E-state index < -0.39 is 0 Å². The SMILES string of the molecule is O=C(Cc1ccccc1-c1cccn2cc(-c3ccccc3)nc12)c1ccccc1. The molecule has 0 fully saturated rings. The Bertz CT molecular complexity index is 1320. The fourth-order valence-corrected chi connectivity index (χ4v) is 3.81. The van der Waals surface area contributed by atoms with E-state index in [0.29, 0.717) is 6.42 Å². The van der Waals surface area contributed by atoms with Crippen LogP contribution in [0.15, 0.2) is 109 Å². The maximum Gasteiger partial charge on any atom is 0.167 e. The summed E-state index contributed by atoms with van der Waals surface area (Å²) in [4.78, 5) is 17.7. The lowest BCUT2D eigenvalue weighted by Gasteiger charge is -2.10. The van der Waals surface area contributed by atoms with Gasteiger partial charge in [0, 0.05) is 35.5 Å². The minimum Gasteiger partial charge on any atom is -0.306 e. The van der Waals surface area contributed by atoms with Gasteiger partial charge in [-0.05, 0) is 23.3 Å². The van der Waals surface area contributed by atoms with E-state index in [1.807, 2.05) is 89.6 Å². The smallest absolute Gasteiger partial charge is 0.167 e. The number of ketones is 1. The van der Waals surface area contributed by atoms with Crippen LogP contribution >= 0.6 is 0 Å². The van der Waals surface area contributed by atoms with Crippen LogP contribution < -0.4 is 0 Å². The van der Waals surface area contributed by atoms with E-state index >= 15 is 0 Å². The molecule has 0 saturated carbocycles. The predicted molar refractivity (Wildman–Crippen MR) is 121 cm³/mol. The lowest BCUT2D eigenvalue weighted by molar-refractivity contribution is 0.0993. The summed E-state index contributed by atoms with van der Waals surface area (Å²) in [5, 5.41) is 0. The maximum atomic E-state index is 12.8. The van der Waals surface area contributed by atoms with Gasteiger partial charge in [0.05, 0.1) is 5.69 Å². The van der Waals surface area contributed by atoms with Gasteiger partial charge in [-0.3, -0.25) is 4.79 Å². The third kappa shape index (κ3) is 3.42. The Morgan fingerprint density at radius 3 is 2.20 bits per heavy atom. The number of carbonyl (C=O) groups is 1. The number of imidazole rings is 1. The van der Waals surface area contributed by atoms with Crippen LogP contribution in [0.2, 0.25) is 0 Å². The molecule has 0 aliphatic heterocycles. The fourth-order valence-electron chi connectivity index (χ4n) is 3.81. The summed E-state index contributed by atoms with van der Waals surface area (Å²) >= 11 is 0. The van der Waals surface area contributed by atoms with Crippen molar-refractivity contribution in [1.82, 2.24) is 9.38 Å². The maximum absolute atomic E-state index is 12.8. The fraction of sp³-hybridized carbons (Fsp3) is 0.0370. The van der Waals surface area contributed by atoms with E-state index in [-0.39, 0.29) is 5.78 Å². The summed E-state index contributed by atoms with van der Waals surface area (Å²) in [6, 6.07) is 31.8. The first-order valence-corrected chi connectivity index (χ1v) is 9.99. The highest BCUT2D eigenvalue weighted by Crippen LogP contribution is 2.30. The number of nitrogens with zero attached hydrogens (tertiary/aromatic N) is 2. The normalized spacial score (nSPS) is 10.9. The summed E-state index contributed by atoms with van der Waals surface area (Å²) in [6.45, 7) is 0. The Balaban J connectivity index is 1.58. The minimum atomic E-state index is 0.114. The van der Waals surface area contributed by atoms with Crippen molar-refractivity contribution in [2.75, 3.05) is 0 Å². The molecule has 3 aromatic carbocycles. The van der Waals surface area contributed by atoms with Crippen molar-refractivity contribution in [3.8, 4) is 22.4 Å². The summed E-state index contributed by atoms with van der Waals surface area (Å²) in [7, 11) is 0. The quantitative estimate of drug-likeness (QED) is 0.341. The molecular weight excluding hydrogens is 368 g/mol. The molecule has 0 unspecified atom stereocenters. The van der Waals surface area contributed by atoms with Crippen LogP contribution in [0.25, 0.3) is 28.0 Å². The molecular formula is C27H20N2O. The second-order valence-electron chi connectivity index (χ2n) is 7.27. The van der Waals surface area contributed by atoms with Gasteiger partial charge in [0.25, 0.3) is 0 Å². The van der Waals surface area contributed by atoms with Gasteiger partial charge in [0.1, 0.15) is 5.65 Å². The van der Waals surface area contributed by atoms with Crippen LogP contribution in [0, 0.1) is 0 Å². The lowest BCUT2D eigenvalue weighted by Crippen LogP contribution is -2.04. The second-order valence-corrected chi connectivity index (χ2v) is 7.27. The molecule has 3 heteroatoms. The van der Waals surface area contributed by atoms with E-state index in [1.165, 1.54) is 0 Å². The molecule has 0 radical (unpaired) electrons.